The number of aromatic nitrogens is 1. The van der Waals surface area contributed by atoms with Gasteiger partial charge in [-0.1, -0.05) is 30.3 Å². The van der Waals surface area contributed by atoms with Gasteiger partial charge in [0.2, 0.25) is 0 Å². The second kappa shape index (κ2) is 6.37. The molecule has 3 rings (SSSR count). The number of hydrogen-bond donors (Lipinski definition) is 1. The second-order valence-electron chi connectivity index (χ2n) is 5.26. The molecule has 1 aromatic heterocycles. The van der Waals surface area contributed by atoms with E-state index in [4.69, 9.17) is 0 Å². The van der Waals surface area contributed by atoms with E-state index in [0.717, 1.165) is 30.8 Å². The molecule has 106 valence electrons. The Kier molecular flexibility index (Phi) is 4.33. The van der Waals surface area contributed by atoms with Gasteiger partial charge in [0.15, 0.2) is 5.13 Å². The summed E-state index contributed by atoms with van der Waals surface area (Å²) < 4.78 is 0. The van der Waals surface area contributed by atoms with Gasteiger partial charge in [0.05, 0.1) is 0 Å². The van der Waals surface area contributed by atoms with E-state index in [-0.39, 0.29) is 0 Å². The predicted molar refractivity (Wildman–Crippen MR) is 85.1 cm³/mol. The van der Waals surface area contributed by atoms with Gasteiger partial charge in [-0.15, -0.1) is 11.3 Å². The van der Waals surface area contributed by atoms with Crippen LogP contribution < -0.4 is 10.2 Å². The lowest BCUT2D eigenvalue weighted by molar-refractivity contribution is 0.694. The maximum absolute atomic E-state index is 4.59. The highest BCUT2D eigenvalue weighted by atomic mass is 32.1. The summed E-state index contributed by atoms with van der Waals surface area (Å²) in [6.45, 7) is 5.07. The molecule has 0 bridgehead atoms. The SMILES string of the molecule is CCN(Cc1ccccc1)c1ncc(CNC2CC2)s1. The quantitative estimate of drug-likeness (QED) is 0.845. The van der Waals surface area contributed by atoms with Crippen molar-refractivity contribution in [1.82, 2.24) is 10.3 Å². The first-order valence-electron chi connectivity index (χ1n) is 7.32. The minimum Gasteiger partial charge on any atom is -0.344 e. The van der Waals surface area contributed by atoms with Crippen LogP contribution in [0.1, 0.15) is 30.2 Å². The van der Waals surface area contributed by atoms with Crippen molar-refractivity contribution in [2.75, 3.05) is 11.4 Å². The Labute approximate surface area is 124 Å². The topological polar surface area (TPSA) is 28.2 Å². The molecule has 0 radical (unpaired) electrons. The molecule has 1 aromatic carbocycles. The summed E-state index contributed by atoms with van der Waals surface area (Å²) in [7, 11) is 0. The van der Waals surface area contributed by atoms with Crippen molar-refractivity contribution in [3.63, 3.8) is 0 Å². The van der Waals surface area contributed by atoms with E-state index < -0.39 is 0 Å². The predicted octanol–water partition coefficient (Wildman–Crippen LogP) is 3.42. The van der Waals surface area contributed by atoms with Crippen LogP contribution in [0.15, 0.2) is 36.5 Å². The molecule has 0 atom stereocenters. The third-order valence-electron chi connectivity index (χ3n) is 3.55. The van der Waals surface area contributed by atoms with Crippen molar-refractivity contribution in [3.8, 4) is 0 Å². The minimum absolute atomic E-state index is 0.757. The molecule has 20 heavy (non-hydrogen) atoms. The molecule has 0 unspecified atom stereocenters. The highest BCUT2D eigenvalue weighted by Gasteiger charge is 2.20. The summed E-state index contributed by atoms with van der Waals surface area (Å²) in [6.07, 6.45) is 4.69. The fraction of sp³-hybridized carbons (Fsp3) is 0.438. The average molecular weight is 287 g/mol. The van der Waals surface area contributed by atoms with E-state index in [2.05, 4.69) is 52.5 Å². The summed E-state index contributed by atoms with van der Waals surface area (Å²) in [5, 5.41) is 4.67. The number of rotatable bonds is 7. The molecule has 1 heterocycles. The molecular formula is C16H21N3S. The van der Waals surface area contributed by atoms with Gasteiger partial charge >= 0.3 is 0 Å². The highest BCUT2D eigenvalue weighted by Crippen LogP contribution is 2.25. The summed E-state index contributed by atoms with van der Waals surface area (Å²) in [5.41, 5.74) is 1.34. The number of thiazole rings is 1. The van der Waals surface area contributed by atoms with Gasteiger partial charge in [-0.3, -0.25) is 0 Å². The average Bonchev–Trinajstić information content (AvgIpc) is 3.21. The van der Waals surface area contributed by atoms with Crippen LogP contribution in [0.4, 0.5) is 5.13 Å². The van der Waals surface area contributed by atoms with E-state index in [1.54, 1.807) is 11.3 Å². The van der Waals surface area contributed by atoms with Crippen LogP contribution in [0.3, 0.4) is 0 Å². The largest absolute Gasteiger partial charge is 0.344 e. The van der Waals surface area contributed by atoms with E-state index in [1.165, 1.54) is 23.3 Å². The maximum atomic E-state index is 4.59. The van der Waals surface area contributed by atoms with Crippen molar-refractivity contribution in [2.45, 2.75) is 38.9 Å². The van der Waals surface area contributed by atoms with Gasteiger partial charge in [0.1, 0.15) is 0 Å². The van der Waals surface area contributed by atoms with E-state index in [0.29, 0.717) is 0 Å². The van der Waals surface area contributed by atoms with E-state index in [9.17, 15) is 0 Å². The van der Waals surface area contributed by atoms with Crippen LogP contribution in [0.25, 0.3) is 0 Å². The van der Waals surface area contributed by atoms with Crippen molar-refractivity contribution in [2.24, 2.45) is 0 Å². The first-order valence-corrected chi connectivity index (χ1v) is 8.13. The first kappa shape index (κ1) is 13.6. The molecule has 1 aliphatic rings. The summed E-state index contributed by atoms with van der Waals surface area (Å²) >= 11 is 1.81. The molecule has 0 aliphatic heterocycles. The lowest BCUT2D eigenvalue weighted by Crippen LogP contribution is -2.21. The fourth-order valence-electron chi connectivity index (χ4n) is 2.18. The summed E-state index contributed by atoms with van der Waals surface area (Å²) in [4.78, 5) is 8.25. The monoisotopic (exact) mass is 287 g/mol. The van der Waals surface area contributed by atoms with E-state index in [1.807, 2.05) is 6.20 Å². The molecule has 0 amide bonds. The van der Waals surface area contributed by atoms with Crippen molar-refractivity contribution in [1.29, 1.82) is 0 Å². The van der Waals surface area contributed by atoms with Gasteiger partial charge in [-0.2, -0.15) is 0 Å². The Balaban J connectivity index is 1.62. The lowest BCUT2D eigenvalue weighted by atomic mass is 10.2. The smallest absolute Gasteiger partial charge is 0.185 e. The number of nitrogens with one attached hydrogen (secondary N) is 1. The van der Waals surface area contributed by atoms with Crippen LogP contribution in [0, 0.1) is 0 Å². The molecule has 0 saturated heterocycles. The third-order valence-corrected chi connectivity index (χ3v) is 4.61. The van der Waals surface area contributed by atoms with Crippen LogP contribution in [0.2, 0.25) is 0 Å². The zero-order valence-corrected chi connectivity index (χ0v) is 12.7. The Morgan fingerprint density at radius 1 is 1.30 bits per heavy atom. The molecule has 3 nitrogen and oxygen atoms in total. The molecule has 1 fully saturated rings. The summed E-state index contributed by atoms with van der Waals surface area (Å²) in [5.74, 6) is 0. The fourth-order valence-corrected chi connectivity index (χ4v) is 3.10. The van der Waals surface area contributed by atoms with Crippen molar-refractivity contribution < 1.29 is 0 Å². The standard InChI is InChI=1S/C16H21N3S/c1-2-19(12-13-6-4-3-5-7-13)16-18-11-15(20-16)10-17-14-8-9-14/h3-7,11,14,17H,2,8-10,12H2,1H3. The van der Waals surface area contributed by atoms with Crippen molar-refractivity contribution in [3.05, 3.63) is 47.0 Å². The van der Waals surface area contributed by atoms with Gasteiger partial charge in [-0.25, -0.2) is 4.98 Å². The minimum atomic E-state index is 0.757. The van der Waals surface area contributed by atoms with Crippen LogP contribution >= 0.6 is 11.3 Å². The van der Waals surface area contributed by atoms with Crippen LogP contribution in [-0.2, 0) is 13.1 Å². The second-order valence-corrected chi connectivity index (χ2v) is 6.36. The molecule has 1 N–H and O–H groups in total. The zero-order valence-electron chi connectivity index (χ0n) is 11.9. The Bertz CT molecular complexity index is 534. The number of nitrogens with zero attached hydrogens (tertiary/aromatic N) is 2. The normalized spacial score (nSPS) is 14.4. The van der Waals surface area contributed by atoms with Gasteiger partial charge in [0, 0.05) is 36.8 Å². The van der Waals surface area contributed by atoms with Gasteiger partial charge < -0.3 is 10.2 Å². The number of hydrogen-bond acceptors (Lipinski definition) is 4. The zero-order chi connectivity index (χ0) is 13.8. The van der Waals surface area contributed by atoms with Crippen molar-refractivity contribution >= 4 is 16.5 Å². The van der Waals surface area contributed by atoms with E-state index >= 15 is 0 Å². The molecular weight excluding hydrogens is 266 g/mol. The maximum Gasteiger partial charge on any atom is 0.185 e. The molecule has 1 aliphatic carbocycles. The van der Waals surface area contributed by atoms with Crippen LogP contribution in [-0.4, -0.2) is 17.6 Å². The molecule has 1 saturated carbocycles. The lowest BCUT2D eigenvalue weighted by Gasteiger charge is -2.19. The third kappa shape index (κ3) is 3.58. The number of benzene rings is 1. The Morgan fingerprint density at radius 2 is 2.10 bits per heavy atom. The first-order chi connectivity index (χ1) is 9.85. The number of anilines is 1. The van der Waals surface area contributed by atoms with Crippen LogP contribution in [0.5, 0.6) is 0 Å². The molecule has 4 heteroatoms. The Morgan fingerprint density at radius 3 is 2.80 bits per heavy atom. The highest BCUT2D eigenvalue weighted by molar-refractivity contribution is 7.15. The van der Waals surface area contributed by atoms with Gasteiger partial charge in [-0.05, 0) is 25.3 Å². The van der Waals surface area contributed by atoms with Gasteiger partial charge in [0.25, 0.3) is 0 Å². The molecule has 0 spiro atoms. The molecule has 2 aromatic rings. The Hall–Kier alpha value is -1.39. The summed E-state index contributed by atoms with van der Waals surface area (Å²) in [6, 6.07) is 11.3.